The molecule has 2 rings (SSSR count). The molecule has 0 radical (unpaired) electrons. The van der Waals surface area contributed by atoms with Crippen molar-refractivity contribution in [1.82, 2.24) is 5.32 Å². The van der Waals surface area contributed by atoms with Gasteiger partial charge in [-0.1, -0.05) is 41.4 Å². The first kappa shape index (κ1) is 24.6. The van der Waals surface area contributed by atoms with Crippen LogP contribution < -0.4 is 14.8 Å². The SMILES string of the molecule is COc1cc(CNCCCOC(C)C)cc(Cl)c1OCc1ccc(C)cc1.Cl. The Morgan fingerprint density at radius 2 is 1.79 bits per heavy atom. The zero-order valence-corrected chi connectivity index (χ0v) is 18.7. The monoisotopic (exact) mass is 427 g/mol. The lowest BCUT2D eigenvalue weighted by Gasteiger charge is -2.15. The Hall–Kier alpha value is -1.46. The summed E-state index contributed by atoms with van der Waals surface area (Å²) in [4.78, 5) is 0. The Balaban J connectivity index is 0.00000392. The van der Waals surface area contributed by atoms with E-state index >= 15 is 0 Å². The molecule has 0 saturated heterocycles. The molecule has 0 aliphatic carbocycles. The summed E-state index contributed by atoms with van der Waals surface area (Å²) >= 11 is 6.45. The number of hydrogen-bond acceptors (Lipinski definition) is 4. The van der Waals surface area contributed by atoms with Crippen molar-refractivity contribution in [2.75, 3.05) is 20.3 Å². The topological polar surface area (TPSA) is 39.7 Å². The van der Waals surface area contributed by atoms with Gasteiger partial charge in [0.15, 0.2) is 11.5 Å². The maximum absolute atomic E-state index is 6.45. The molecule has 4 nitrogen and oxygen atoms in total. The van der Waals surface area contributed by atoms with E-state index in [0.29, 0.717) is 23.1 Å². The van der Waals surface area contributed by atoms with Crippen LogP contribution in [0.1, 0.15) is 37.0 Å². The summed E-state index contributed by atoms with van der Waals surface area (Å²) in [5.74, 6) is 1.23. The van der Waals surface area contributed by atoms with E-state index < -0.39 is 0 Å². The summed E-state index contributed by atoms with van der Waals surface area (Å²) in [7, 11) is 1.63. The van der Waals surface area contributed by atoms with E-state index in [1.807, 2.05) is 26.0 Å². The maximum Gasteiger partial charge on any atom is 0.180 e. The number of hydrogen-bond donors (Lipinski definition) is 1. The highest BCUT2D eigenvalue weighted by molar-refractivity contribution is 6.32. The Bertz CT molecular complexity index is 706. The lowest BCUT2D eigenvalue weighted by atomic mass is 10.1. The molecule has 0 atom stereocenters. The van der Waals surface area contributed by atoms with E-state index in [9.17, 15) is 0 Å². The summed E-state index contributed by atoms with van der Waals surface area (Å²) in [6.07, 6.45) is 1.25. The molecular formula is C22H31Cl2NO3. The van der Waals surface area contributed by atoms with E-state index in [0.717, 1.165) is 37.2 Å². The van der Waals surface area contributed by atoms with Gasteiger partial charge in [-0.2, -0.15) is 0 Å². The van der Waals surface area contributed by atoms with Crippen LogP contribution >= 0.6 is 24.0 Å². The highest BCUT2D eigenvalue weighted by atomic mass is 35.5. The van der Waals surface area contributed by atoms with E-state index in [-0.39, 0.29) is 18.5 Å². The molecule has 0 aliphatic rings. The molecule has 28 heavy (non-hydrogen) atoms. The number of ether oxygens (including phenoxy) is 3. The minimum atomic E-state index is 0. The molecule has 0 aliphatic heterocycles. The first-order valence-electron chi connectivity index (χ1n) is 9.36. The van der Waals surface area contributed by atoms with Gasteiger partial charge in [-0.15, -0.1) is 12.4 Å². The van der Waals surface area contributed by atoms with Gasteiger partial charge in [0.2, 0.25) is 0 Å². The minimum Gasteiger partial charge on any atom is -0.493 e. The summed E-state index contributed by atoms with van der Waals surface area (Å²) in [5, 5.41) is 3.96. The van der Waals surface area contributed by atoms with Crippen molar-refractivity contribution < 1.29 is 14.2 Å². The number of nitrogens with one attached hydrogen (secondary N) is 1. The van der Waals surface area contributed by atoms with Gasteiger partial charge in [0.05, 0.1) is 18.2 Å². The van der Waals surface area contributed by atoms with Crippen molar-refractivity contribution in [3.05, 3.63) is 58.1 Å². The van der Waals surface area contributed by atoms with E-state index in [1.165, 1.54) is 5.56 Å². The molecule has 6 heteroatoms. The predicted octanol–water partition coefficient (Wildman–Crippen LogP) is 5.56. The maximum atomic E-state index is 6.45. The van der Waals surface area contributed by atoms with Crippen molar-refractivity contribution in [2.24, 2.45) is 0 Å². The van der Waals surface area contributed by atoms with Gasteiger partial charge < -0.3 is 19.5 Å². The molecule has 1 N–H and O–H groups in total. The van der Waals surface area contributed by atoms with Gasteiger partial charge in [-0.25, -0.2) is 0 Å². The normalized spacial score (nSPS) is 10.6. The second-order valence-electron chi connectivity index (χ2n) is 6.83. The first-order chi connectivity index (χ1) is 13.0. The second-order valence-corrected chi connectivity index (χ2v) is 7.24. The Labute approximate surface area is 179 Å². The van der Waals surface area contributed by atoms with Crippen molar-refractivity contribution >= 4 is 24.0 Å². The second kappa shape index (κ2) is 12.9. The van der Waals surface area contributed by atoms with Gasteiger partial charge >= 0.3 is 0 Å². The fourth-order valence-corrected chi connectivity index (χ4v) is 2.89. The van der Waals surface area contributed by atoms with Crippen LogP contribution in [0.25, 0.3) is 0 Å². The van der Waals surface area contributed by atoms with Crippen LogP contribution in [0, 0.1) is 6.92 Å². The molecule has 0 amide bonds. The van der Waals surface area contributed by atoms with Crippen LogP contribution in [-0.2, 0) is 17.9 Å². The summed E-state index contributed by atoms with van der Waals surface area (Å²) < 4.78 is 17.0. The van der Waals surface area contributed by atoms with Crippen LogP contribution in [-0.4, -0.2) is 26.4 Å². The molecule has 0 fully saturated rings. The predicted molar refractivity (Wildman–Crippen MR) is 118 cm³/mol. The first-order valence-corrected chi connectivity index (χ1v) is 9.74. The van der Waals surface area contributed by atoms with Crippen LogP contribution in [0.15, 0.2) is 36.4 Å². The molecule has 156 valence electrons. The van der Waals surface area contributed by atoms with Gasteiger partial charge in [-0.3, -0.25) is 0 Å². The van der Waals surface area contributed by atoms with Gasteiger partial charge in [0, 0.05) is 13.2 Å². The molecule has 0 unspecified atom stereocenters. The summed E-state index contributed by atoms with van der Waals surface area (Å²) in [5.41, 5.74) is 3.37. The quantitative estimate of drug-likeness (QED) is 0.476. The van der Waals surface area contributed by atoms with Crippen molar-refractivity contribution in [2.45, 2.75) is 46.4 Å². The Kier molecular flexibility index (Phi) is 11.3. The van der Waals surface area contributed by atoms with E-state index in [1.54, 1.807) is 7.11 Å². The average molecular weight is 428 g/mol. The molecule has 0 bridgehead atoms. The van der Waals surface area contributed by atoms with Crippen LogP contribution in [0.4, 0.5) is 0 Å². The van der Waals surface area contributed by atoms with E-state index in [4.69, 9.17) is 25.8 Å². The summed E-state index contributed by atoms with van der Waals surface area (Å²) in [6, 6.07) is 12.1. The number of halogens is 2. The van der Waals surface area contributed by atoms with Crippen LogP contribution in [0.5, 0.6) is 11.5 Å². The highest BCUT2D eigenvalue weighted by Crippen LogP contribution is 2.37. The van der Waals surface area contributed by atoms with Crippen molar-refractivity contribution in [3.63, 3.8) is 0 Å². The number of methoxy groups -OCH3 is 1. The molecule has 0 spiro atoms. The third-order valence-electron chi connectivity index (χ3n) is 4.07. The molecule has 0 aromatic heterocycles. The molecule has 2 aromatic carbocycles. The Morgan fingerprint density at radius 3 is 2.43 bits per heavy atom. The van der Waals surface area contributed by atoms with Crippen LogP contribution in [0.2, 0.25) is 5.02 Å². The van der Waals surface area contributed by atoms with Gasteiger partial charge in [0.1, 0.15) is 6.61 Å². The van der Waals surface area contributed by atoms with E-state index in [2.05, 4.69) is 36.5 Å². The number of rotatable bonds is 11. The summed E-state index contributed by atoms with van der Waals surface area (Å²) in [6.45, 7) is 8.97. The third-order valence-corrected chi connectivity index (χ3v) is 4.35. The average Bonchev–Trinajstić information content (AvgIpc) is 2.64. The fourth-order valence-electron chi connectivity index (χ4n) is 2.60. The molecule has 2 aromatic rings. The fraction of sp³-hybridized carbons (Fsp3) is 0.455. The third kappa shape index (κ3) is 8.27. The van der Waals surface area contributed by atoms with Crippen molar-refractivity contribution in [3.8, 4) is 11.5 Å². The lowest BCUT2D eigenvalue weighted by molar-refractivity contribution is 0.0770. The highest BCUT2D eigenvalue weighted by Gasteiger charge is 2.12. The van der Waals surface area contributed by atoms with Gasteiger partial charge in [-0.05, 0) is 57.0 Å². The zero-order valence-electron chi connectivity index (χ0n) is 17.1. The zero-order chi connectivity index (χ0) is 19.6. The van der Waals surface area contributed by atoms with Crippen molar-refractivity contribution in [1.29, 1.82) is 0 Å². The largest absolute Gasteiger partial charge is 0.493 e. The molecular weight excluding hydrogens is 397 g/mol. The van der Waals surface area contributed by atoms with Crippen LogP contribution in [0.3, 0.4) is 0 Å². The number of benzene rings is 2. The standard InChI is InChI=1S/C22H30ClNO3.ClH/c1-16(2)26-11-5-10-24-14-19-12-20(23)22(21(13-19)25-4)27-15-18-8-6-17(3)7-9-18;/h6-9,12-13,16,24H,5,10-11,14-15H2,1-4H3;1H. The number of aryl methyl sites for hydroxylation is 1. The Morgan fingerprint density at radius 1 is 1.07 bits per heavy atom. The van der Waals surface area contributed by atoms with Gasteiger partial charge in [0.25, 0.3) is 0 Å². The minimum absolute atomic E-state index is 0. The molecule has 0 saturated carbocycles. The smallest absolute Gasteiger partial charge is 0.180 e. The molecule has 0 heterocycles. The lowest BCUT2D eigenvalue weighted by Crippen LogP contribution is -2.17.